The van der Waals surface area contributed by atoms with E-state index >= 15 is 0 Å². The van der Waals surface area contributed by atoms with Crippen LogP contribution in [0.4, 0.5) is 0 Å². The molecule has 0 aliphatic rings. The second-order valence-corrected chi connectivity index (χ2v) is 4.23. The van der Waals surface area contributed by atoms with Gasteiger partial charge < -0.3 is 9.84 Å². The van der Waals surface area contributed by atoms with Crippen LogP contribution in [0.15, 0.2) is 54.6 Å². The van der Waals surface area contributed by atoms with E-state index in [0.717, 1.165) is 11.1 Å². The van der Waals surface area contributed by atoms with Crippen molar-refractivity contribution in [2.24, 2.45) is 0 Å². The van der Waals surface area contributed by atoms with Gasteiger partial charge in [-0.1, -0.05) is 36.4 Å². The third-order valence-electron chi connectivity index (χ3n) is 2.82. The molecule has 0 amide bonds. The zero-order chi connectivity index (χ0) is 14.4. The molecule has 2 rings (SSSR count). The molecular formula is C17H16O3. The first kappa shape index (κ1) is 13.9. The van der Waals surface area contributed by atoms with E-state index in [4.69, 9.17) is 4.74 Å². The maximum Gasteiger partial charge on any atom is 0.330 e. The predicted octanol–water partition coefficient (Wildman–Crippen LogP) is 3.64. The van der Waals surface area contributed by atoms with Crippen molar-refractivity contribution in [2.75, 3.05) is 6.61 Å². The number of carbonyl (C=O) groups excluding carboxylic acids is 1. The van der Waals surface area contributed by atoms with Crippen LogP contribution >= 0.6 is 0 Å². The minimum absolute atomic E-state index is 0.130. The van der Waals surface area contributed by atoms with Gasteiger partial charge in [0.1, 0.15) is 5.75 Å². The summed E-state index contributed by atoms with van der Waals surface area (Å²) in [4.78, 5) is 11.3. The lowest BCUT2D eigenvalue weighted by Gasteiger charge is -2.05. The van der Waals surface area contributed by atoms with Crippen LogP contribution in [0.1, 0.15) is 12.5 Å². The highest BCUT2D eigenvalue weighted by molar-refractivity contribution is 5.88. The van der Waals surface area contributed by atoms with Crippen LogP contribution in [0.25, 0.3) is 17.2 Å². The fourth-order valence-corrected chi connectivity index (χ4v) is 1.85. The van der Waals surface area contributed by atoms with Crippen LogP contribution in [-0.4, -0.2) is 17.7 Å². The Morgan fingerprint density at radius 3 is 2.60 bits per heavy atom. The molecule has 2 aromatic rings. The molecular weight excluding hydrogens is 252 g/mol. The highest BCUT2D eigenvalue weighted by Crippen LogP contribution is 2.26. The molecule has 0 saturated heterocycles. The van der Waals surface area contributed by atoms with Gasteiger partial charge in [-0.3, -0.25) is 0 Å². The zero-order valence-electron chi connectivity index (χ0n) is 11.2. The van der Waals surface area contributed by atoms with Crippen molar-refractivity contribution in [3.63, 3.8) is 0 Å². The average molecular weight is 268 g/mol. The highest BCUT2D eigenvalue weighted by Gasteiger charge is 2.03. The van der Waals surface area contributed by atoms with Crippen LogP contribution < -0.4 is 0 Å². The molecule has 20 heavy (non-hydrogen) atoms. The van der Waals surface area contributed by atoms with Crippen LogP contribution in [-0.2, 0) is 9.53 Å². The van der Waals surface area contributed by atoms with Gasteiger partial charge in [0.15, 0.2) is 0 Å². The molecule has 0 unspecified atom stereocenters. The Morgan fingerprint density at radius 1 is 1.15 bits per heavy atom. The lowest BCUT2D eigenvalue weighted by atomic mass is 10.0. The van der Waals surface area contributed by atoms with Gasteiger partial charge in [0.2, 0.25) is 0 Å². The van der Waals surface area contributed by atoms with Crippen molar-refractivity contribution < 1.29 is 14.6 Å². The van der Waals surface area contributed by atoms with Crippen molar-refractivity contribution >= 4 is 12.0 Å². The fraction of sp³-hybridized carbons (Fsp3) is 0.118. The van der Waals surface area contributed by atoms with E-state index in [0.29, 0.717) is 12.2 Å². The molecule has 0 spiro atoms. The van der Waals surface area contributed by atoms with E-state index in [-0.39, 0.29) is 5.75 Å². The first-order valence-corrected chi connectivity index (χ1v) is 6.44. The molecule has 0 radical (unpaired) electrons. The minimum Gasteiger partial charge on any atom is -0.507 e. The lowest BCUT2D eigenvalue weighted by Crippen LogP contribution is -1.98. The van der Waals surface area contributed by atoms with E-state index in [1.54, 1.807) is 19.1 Å². The van der Waals surface area contributed by atoms with E-state index in [1.165, 1.54) is 6.08 Å². The fourth-order valence-electron chi connectivity index (χ4n) is 1.85. The second-order valence-electron chi connectivity index (χ2n) is 4.23. The predicted molar refractivity (Wildman–Crippen MR) is 79.2 cm³/mol. The largest absolute Gasteiger partial charge is 0.507 e. The molecule has 1 N–H and O–H groups in total. The molecule has 0 aliphatic heterocycles. The average Bonchev–Trinajstić information content (AvgIpc) is 2.47. The molecule has 0 fully saturated rings. The highest BCUT2D eigenvalue weighted by atomic mass is 16.5. The molecule has 0 saturated carbocycles. The lowest BCUT2D eigenvalue weighted by molar-refractivity contribution is -0.137. The Kier molecular flexibility index (Phi) is 4.56. The third kappa shape index (κ3) is 3.48. The molecule has 0 aromatic heterocycles. The van der Waals surface area contributed by atoms with Gasteiger partial charge in [0, 0.05) is 11.6 Å². The van der Waals surface area contributed by atoms with Crippen molar-refractivity contribution in [1.82, 2.24) is 0 Å². The van der Waals surface area contributed by atoms with Crippen molar-refractivity contribution in [3.05, 3.63) is 60.2 Å². The van der Waals surface area contributed by atoms with Gasteiger partial charge in [-0.2, -0.15) is 0 Å². The van der Waals surface area contributed by atoms with Gasteiger partial charge in [-0.15, -0.1) is 0 Å². The molecule has 0 heterocycles. The Bertz CT molecular complexity index is 615. The summed E-state index contributed by atoms with van der Waals surface area (Å²) in [7, 11) is 0. The first-order chi connectivity index (χ1) is 9.70. The van der Waals surface area contributed by atoms with E-state index in [1.807, 2.05) is 42.5 Å². The first-order valence-electron chi connectivity index (χ1n) is 6.44. The number of ether oxygens (including phenoxy) is 1. The van der Waals surface area contributed by atoms with Crippen molar-refractivity contribution in [2.45, 2.75) is 6.92 Å². The zero-order valence-corrected chi connectivity index (χ0v) is 11.2. The summed E-state index contributed by atoms with van der Waals surface area (Å²) < 4.78 is 4.81. The Balaban J connectivity index is 2.28. The number of esters is 1. The number of phenolic OH excluding ortho intramolecular Hbond substituents is 1. The van der Waals surface area contributed by atoms with Crippen molar-refractivity contribution in [1.29, 1.82) is 0 Å². The molecule has 0 atom stereocenters. The minimum atomic E-state index is -0.419. The molecule has 3 heteroatoms. The van der Waals surface area contributed by atoms with E-state index in [9.17, 15) is 9.90 Å². The maximum atomic E-state index is 11.3. The topological polar surface area (TPSA) is 46.5 Å². The number of hydrogen-bond donors (Lipinski definition) is 1. The molecule has 2 aromatic carbocycles. The summed E-state index contributed by atoms with van der Waals surface area (Å²) in [6.07, 6.45) is 2.87. The monoisotopic (exact) mass is 268 g/mol. The summed E-state index contributed by atoms with van der Waals surface area (Å²) in [5.74, 6) is -0.290. The molecule has 0 aliphatic carbocycles. The van der Waals surface area contributed by atoms with Gasteiger partial charge in [-0.05, 0) is 36.3 Å². The van der Waals surface area contributed by atoms with Gasteiger partial charge in [0.25, 0.3) is 0 Å². The number of rotatable bonds is 4. The third-order valence-corrected chi connectivity index (χ3v) is 2.82. The summed E-state index contributed by atoms with van der Waals surface area (Å²) >= 11 is 0. The summed E-state index contributed by atoms with van der Waals surface area (Å²) in [6, 6.07) is 15.1. The van der Waals surface area contributed by atoms with Gasteiger partial charge in [0.05, 0.1) is 6.61 Å². The molecule has 0 bridgehead atoms. The Morgan fingerprint density at radius 2 is 1.90 bits per heavy atom. The van der Waals surface area contributed by atoms with Crippen molar-refractivity contribution in [3.8, 4) is 16.9 Å². The van der Waals surface area contributed by atoms with Crippen LogP contribution in [0.2, 0.25) is 0 Å². The second kappa shape index (κ2) is 6.57. The number of carbonyl (C=O) groups is 1. The smallest absolute Gasteiger partial charge is 0.330 e. The maximum absolute atomic E-state index is 11.3. The van der Waals surface area contributed by atoms with Crippen LogP contribution in [0.3, 0.4) is 0 Å². The standard InChI is InChI=1S/C17H16O3/c1-2-20-17(19)11-9-15-12-14(8-10-16(15)18)13-6-4-3-5-7-13/h3-12,18H,2H2,1H3. The SMILES string of the molecule is CCOC(=O)C=Cc1cc(-c2ccccc2)ccc1O. The van der Waals surface area contributed by atoms with E-state index < -0.39 is 5.97 Å². The summed E-state index contributed by atoms with van der Waals surface area (Å²) in [5.41, 5.74) is 2.62. The summed E-state index contributed by atoms with van der Waals surface area (Å²) in [5, 5.41) is 9.82. The van der Waals surface area contributed by atoms with Crippen LogP contribution in [0, 0.1) is 0 Å². The Labute approximate surface area is 118 Å². The number of benzene rings is 2. The van der Waals surface area contributed by atoms with Crippen LogP contribution in [0.5, 0.6) is 5.75 Å². The van der Waals surface area contributed by atoms with Gasteiger partial charge in [-0.25, -0.2) is 4.79 Å². The molecule has 102 valence electrons. The normalized spacial score (nSPS) is 10.7. The molecule has 3 nitrogen and oxygen atoms in total. The Hall–Kier alpha value is -2.55. The quantitative estimate of drug-likeness (QED) is 0.680. The van der Waals surface area contributed by atoms with Gasteiger partial charge >= 0.3 is 5.97 Å². The number of aromatic hydroxyl groups is 1. The summed E-state index contributed by atoms with van der Waals surface area (Å²) in [6.45, 7) is 2.08. The van der Waals surface area contributed by atoms with E-state index in [2.05, 4.69) is 0 Å². The number of phenols is 1. The number of hydrogen-bond acceptors (Lipinski definition) is 3.